The summed E-state index contributed by atoms with van der Waals surface area (Å²) in [5, 5.41) is 8.11. The third-order valence-electron chi connectivity index (χ3n) is 0.688. The van der Waals surface area contributed by atoms with E-state index >= 15 is 0 Å². The number of hydrogen-bond donors (Lipinski definition) is 4. The second kappa shape index (κ2) is 3.23. The van der Waals surface area contributed by atoms with E-state index in [-0.39, 0.29) is 5.96 Å². The topological polar surface area (TPSA) is 77.2 Å². The Morgan fingerprint density at radius 1 is 1.50 bits per heavy atom. The van der Waals surface area contributed by atoms with E-state index in [1.807, 2.05) is 0 Å². The smallest absolute Gasteiger partial charge is 0.218 e. The first-order chi connectivity index (χ1) is 3.72. The van der Waals surface area contributed by atoms with Crippen LogP contribution in [-0.2, 0) is 0 Å². The van der Waals surface area contributed by atoms with Crippen LogP contribution >= 0.6 is 0 Å². The molecule has 0 aliphatic rings. The molecule has 0 fully saturated rings. The Kier molecular flexibility index (Phi) is 2.90. The van der Waals surface area contributed by atoms with Crippen molar-refractivity contribution in [3.63, 3.8) is 0 Å². The van der Waals surface area contributed by atoms with Gasteiger partial charge in [-0.3, -0.25) is 5.41 Å². The molecule has 0 rings (SSSR count). The monoisotopic (exact) mass is 117 g/mol. The van der Waals surface area contributed by atoms with Crippen LogP contribution in [0.4, 0.5) is 0 Å². The fourth-order valence-corrected chi connectivity index (χ4v) is 0.353. The zero-order valence-electron chi connectivity index (χ0n) is 5.02. The van der Waals surface area contributed by atoms with Crippen LogP contribution in [0.1, 0.15) is 0 Å². The van der Waals surface area contributed by atoms with Gasteiger partial charge in [0.1, 0.15) is 0 Å². The van der Waals surface area contributed by atoms with E-state index < -0.39 is 0 Å². The highest BCUT2D eigenvalue weighted by molar-refractivity contribution is 5.73. The van der Waals surface area contributed by atoms with Crippen LogP contribution in [0.3, 0.4) is 0 Å². The lowest BCUT2D eigenvalue weighted by atomic mass is 11.0. The second-order valence-electron chi connectivity index (χ2n) is 1.17. The van der Waals surface area contributed by atoms with Gasteiger partial charge in [0.25, 0.3) is 0 Å². The lowest BCUT2D eigenvalue weighted by Gasteiger charge is -2.18. The third kappa shape index (κ3) is 1.76. The highest BCUT2D eigenvalue weighted by Crippen LogP contribution is 1.63. The molecule has 0 unspecified atom stereocenters. The zero-order chi connectivity index (χ0) is 6.57. The molecule has 0 atom stereocenters. The molecule has 0 heterocycles. The molecule has 0 amide bonds. The van der Waals surface area contributed by atoms with Gasteiger partial charge in [-0.25, -0.2) is 16.0 Å². The van der Waals surface area contributed by atoms with Gasteiger partial charge in [-0.15, -0.1) is 0 Å². The molecule has 0 radical (unpaired) electrons. The standard InChI is InChI=1S/C3H11N5/c1-6-8(7-2)3(4)5/h6-7H,1-2H3,(H3,4,5). The molecule has 0 spiro atoms. The Balaban J connectivity index is 3.52. The van der Waals surface area contributed by atoms with E-state index in [2.05, 4.69) is 10.9 Å². The van der Waals surface area contributed by atoms with Gasteiger partial charge in [0.15, 0.2) is 0 Å². The first-order valence-corrected chi connectivity index (χ1v) is 2.21. The van der Waals surface area contributed by atoms with Crippen LogP contribution in [0.5, 0.6) is 0 Å². The second-order valence-corrected chi connectivity index (χ2v) is 1.17. The molecule has 0 aromatic heterocycles. The fraction of sp³-hybridized carbons (Fsp3) is 0.667. The Labute approximate surface area is 48.3 Å². The van der Waals surface area contributed by atoms with Gasteiger partial charge in [0, 0.05) is 14.1 Å². The maximum atomic E-state index is 6.83. The van der Waals surface area contributed by atoms with E-state index in [0.29, 0.717) is 0 Å². The maximum absolute atomic E-state index is 6.83. The van der Waals surface area contributed by atoms with Crippen LogP contribution in [0.2, 0.25) is 0 Å². The minimum absolute atomic E-state index is 0.0602. The summed E-state index contributed by atoms with van der Waals surface area (Å²) in [4.78, 5) is 0. The molecule has 0 saturated heterocycles. The van der Waals surface area contributed by atoms with Crippen LogP contribution < -0.4 is 16.6 Å². The summed E-state index contributed by atoms with van der Waals surface area (Å²) in [6, 6.07) is 0. The molecule has 0 bridgehead atoms. The van der Waals surface area contributed by atoms with Gasteiger partial charge >= 0.3 is 0 Å². The predicted molar refractivity (Wildman–Crippen MR) is 31.9 cm³/mol. The molecular weight excluding hydrogens is 106 g/mol. The summed E-state index contributed by atoms with van der Waals surface area (Å²) in [5.41, 5.74) is 10.3. The highest BCUT2D eigenvalue weighted by atomic mass is 15.7. The largest absolute Gasteiger partial charge is 0.368 e. The Bertz CT molecular complexity index is 75.7. The van der Waals surface area contributed by atoms with Crippen molar-refractivity contribution in [1.82, 2.24) is 16.0 Å². The Morgan fingerprint density at radius 2 is 1.88 bits per heavy atom. The molecule has 5 nitrogen and oxygen atoms in total. The molecule has 0 aromatic carbocycles. The first-order valence-electron chi connectivity index (χ1n) is 2.21. The van der Waals surface area contributed by atoms with E-state index in [1.54, 1.807) is 14.1 Å². The third-order valence-corrected chi connectivity index (χ3v) is 0.688. The van der Waals surface area contributed by atoms with E-state index in [0.717, 1.165) is 0 Å². The van der Waals surface area contributed by atoms with Crippen molar-refractivity contribution in [2.45, 2.75) is 0 Å². The normalized spacial score (nSPS) is 8.75. The minimum Gasteiger partial charge on any atom is -0.368 e. The van der Waals surface area contributed by atoms with Crippen molar-refractivity contribution >= 4 is 5.96 Å². The summed E-state index contributed by atoms with van der Waals surface area (Å²) in [6.45, 7) is 0. The van der Waals surface area contributed by atoms with Crippen LogP contribution in [-0.4, -0.2) is 25.2 Å². The maximum Gasteiger partial charge on any atom is 0.218 e. The van der Waals surface area contributed by atoms with Gasteiger partial charge in [-0.2, -0.15) is 0 Å². The first kappa shape index (κ1) is 7.19. The van der Waals surface area contributed by atoms with Crippen molar-refractivity contribution in [2.75, 3.05) is 14.1 Å². The van der Waals surface area contributed by atoms with Gasteiger partial charge < -0.3 is 5.73 Å². The zero-order valence-corrected chi connectivity index (χ0v) is 5.02. The average molecular weight is 117 g/mol. The minimum atomic E-state index is -0.0602. The molecular formula is C3H11N5. The van der Waals surface area contributed by atoms with Gasteiger partial charge in [-0.05, 0) is 0 Å². The molecule has 5 N–H and O–H groups in total. The lowest BCUT2D eigenvalue weighted by Crippen LogP contribution is -2.51. The van der Waals surface area contributed by atoms with Crippen molar-refractivity contribution in [3.05, 3.63) is 0 Å². The Hall–Kier alpha value is -0.810. The SMILES string of the molecule is CNN(NC)C(=N)N. The van der Waals surface area contributed by atoms with E-state index in [9.17, 15) is 0 Å². The number of nitrogens with two attached hydrogens (primary N) is 1. The van der Waals surface area contributed by atoms with E-state index in [4.69, 9.17) is 11.1 Å². The van der Waals surface area contributed by atoms with Crippen molar-refractivity contribution in [1.29, 1.82) is 5.41 Å². The van der Waals surface area contributed by atoms with Crippen LogP contribution in [0.25, 0.3) is 0 Å². The Morgan fingerprint density at radius 3 is 1.88 bits per heavy atom. The summed E-state index contributed by atoms with van der Waals surface area (Å²) in [7, 11) is 3.33. The highest BCUT2D eigenvalue weighted by Gasteiger charge is 1.95. The molecule has 48 valence electrons. The molecule has 0 saturated carbocycles. The summed E-state index contributed by atoms with van der Waals surface area (Å²) in [6.07, 6.45) is 0. The summed E-state index contributed by atoms with van der Waals surface area (Å²) >= 11 is 0. The fourth-order valence-electron chi connectivity index (χ4n) is 0.353. The molecule has 0 aromatic rings. The number of hydrazine groups is 2. The van der Waals surface area contributed by atoms with Gasteiger partial charge in [-0.1, -0.05) is 0 Å². The lowest BCUT2D eigenvalue weighted by molar-refractivity contribution is 0.261. The predicted octanol–water partition coefficient (Wildman–Crippen LogP) is -1.55. The van der Waals surface area contributed by atoms with Crippen LogP contribution in [0, 0.1) is 5.41 Å². The number of nitrogens with zero attached hydrogens (tertiary/aromatic N) is 1. The molecule has 0 aliphatic carbocycles. The average Bonchev–Trinajstić information content (AvgIpc) is 1.69. The number of guanidine groups is 1. The van der Waals surface area contributed by atoms with Gasteiger partial charge in [0.2, 0.25) is 5.96 Å². The van der Waals surface area contributed by atoms with Crippen molar-refractivity contribution < 1.29 is 0 Å². The number of nitrogens with one attached hydrogen (secondary N) is 3. The van der Waals surface area contributed by atoms with Crippen molar-refractivity contribution in [2.24, 2.45) is 5.73 Å². The number of hydrogen-bond acceptors (Lipinski definition) is 3. The number of rotatable bonds is 2. The van der Waals surface area contributed by atoms with Crippen LogP contribution in [0.15, 0.2) is 0 Å². The quantitative estimate of drug-likeness (QED) is 0.201. The molecule has 0 aliphatic heterocycles. The summed E-state index contributed by atoms with van der Waals surface area (Å²) in [5.74, 6) is -0.0602. The van der Waals surface area contributed by atoms with Gasteiger partial charge in [0.05, 0.1) is 0 Å². The van der Waals surface area contributed by atoms with Crippen molar-refractivity contribution in [3.8, 4) is 0 Å². The van der Waals surface area contributed by atoms with E-state index in [1.165, 1.54) is 5.12 Å². The summed E-state index contributed by atoms with van der Waals surface area (Å²) < 4.78 is 0. The molecule has 5 heteroatoms. The molecule has 8 heavy (non-hydrogen) atoms.